The molecule has 1 aromatic heterocycles. The van der Waals surface area contributed by atoms with Gasteiger partial charge in [0.2, 0.25) is 10.0 Å². The first-order valence-corrected chi connectivity index (χ1v) is 7.71. The second-order valence-electron chi connectivity index (χ2n) is 4.22. The summed E-state index contributed by atoms with van der Waals surface area (Å²) in [6.45, 7) is 3.64. The monoisotopic (exact) mass is 259 g/mol. The first-order valence-electron chi connectivity index (χ1n) is 5.86. The van der Waals surface area contributed by atoms with Crippen molar-refractivity contribution in [2.24, 2.45) is 0 Å². The van der Waals surface area contributed by atoms with E-state index < -0.39 is 10.0 Å². The van der Waals surface area contributed by atoms with E-state index in [1.807, 2.05) is 6.20 Å². The van der Waals surface area contributed by atoms with E-state index in [1.165, 1.54) is 10.6 Å². The van der Waals surface area contributed by atoms with Gasteiger partial charge in [0.05, 0.1) is 6.26 Å². The van der Waals surface area contributed by atoms with E-state index in [4.69, 9.17) is 0 Å². The molecule has 0 aliphatic carbocycles. The molecule has 1 rings (SSSR count). The minimum atomic E-state index is -3.06. The van der Waals surface area contributed by atoms with E-state index in [2.05, 4.69) is 16.5 Å². The number of aryl methyl sites for hydroxylation is 2. The summed E-state index contributed by atoms with van der Waals surface area (Å²) < 4.78 is 25.9. The zero-order valence-electron chi connectivity index (χ0n) is 10.8. The van der Waals surface area contributed by atoms with E-state index in [0.717, 1.165) is 31.6 Å². The quantitative estimate of drug-likeness (QED) is 0.737. The normalized spacial score (nSPS) is 12.2. The number of aromatic nitrogens is 2. The smallest absolute Gasteiger partial charge is 0.210 e. The fourth-order valence-corrected chi connectivity index (χ4v) is 2.10. The highest BCUT2D eigenvalue weighted by Crippen LogP contribution is 2.04. The lowest BCUT2D eigenvalue weighted by Crippen LogP contribution is -2.27. The fraction of sp³-hybridized carbons (Fsp3) is 0.727. The van der Waals surface area contributed by atoms with Crippen molar-refractivity contribution in [2.75, 3.05) is 19.8 Å². The van der Waals surface area contributed by atoms with Crippen LogP contribution in [0.2, 0.25) is 0 Å². The van der Waals surface area contributed by atoms with Gasteiger partial charge in [-0.15, -0.1) is 0 Å². The van der Waals surface area contributed by atoms with Gasteiger partial charge >= 0.3 is 0 Å². The SMILES string of the molecule is CCCn1ccnc1CCCN(C)S(C)(=O)=O. The van der Waals surface area contributed by atoms with E-state index in [1.54, 1.807) is 13.2 Å². The predicted octanol–water partition coefficient (Wildman–Crippen LogP) is 1.12. The largest absolute Gasteiger partial charge is 0.335 e. The highest BCUT2D eigenvalue weighted by molar-refractivity contribution is 7.88. The molecular weight excluding hydrogens is 238 g/mol. The lowest BCUT2D eigenvalue weighted by Gasteiger charge is -2.13. The van der Waals surface area contributed by atoms with Crippen LogP contribution in [0.1, 0.15) is 25.6 Å². The van der Waals surface area contributed by atoms with Gasteiger partial charge in [0.25, 0.3) is 0 Å². The Kier molecular flexibility index (Phi) is 5.14. The van der Waals surface area contributed by atoms with Crippen molar-refractivity contribution >= 4 is 10.0 Å². The Bertz CT molecular complexity index is 439. The van der Waals surface area contributed by atoms with Crippen LogP contribution in [0.4, 0.5) is 0 Å². The average Bonchev–Trinajstić information content (AvgIpc) is 2.65. The van der Waals surface area contributed by atoms with Crippen molar-refractivity contribution in [3.8, 4) is 0 Å². The molecule has 0 spiro atoms. The summed E-state index contributed by atoms with van der Waals surface area (Å²) in [5.74, 6) is 1.04. The van der Waals surface area contributed by atoms with Gasteiger partial charge in [-0.2, -0.15) is 0 Å². The minimum Gasteiger partial charge on any atom is -0.335 e. The number of nitrogens with zero attached hydrogens (tertiary/aromatic N) is 3. The molecule has 0 atom stereocenters. The van der Waals surface area contributed by atoms with Gasteiger partial charge in [0, 0.05) is 39.0 Å². The number of imidazole rings is 1. The van der Waals surface area contributed by atoms with Crippen LogP contribution >= 0.6 is 0 Å². The van der Waals surface area contributed by atoms with Crippen LogP contribution in [-0.4, -0.2) is 42.1 Å². The predicted molar refractivity (Wildman–Crippen MR) is 68.3 cm³/mol. The molecule has 98 valence electrons. The Hall–Kier alpha value is -0.880. The van der Waals surface area contributed by atoms with Crippen molar-refractivity contribution < 1.29 is 8.42 Å². The van der Waals surface area contributed by atoms with Gasteiger partial charge in [-0.25, -0.2) is 17.7 Å². The first kappa shape index (κ1) is 14.2. The Morgan fingerprint density at radius 1 is 1.47 bits per heavy atom. The number of hydrogen-bond acceptors (Lipinski definition) is 3. The maximum absolute atomic E-state index is 11.2. The van der Waals surface area contributed by atoms with Gasteiger partial charge in [-0.1, -0.05) is 6.92 Å². The lowest BCUT2D eigenvalue weighted by molar-refractivity contribution is 0.461. The van der Waals surface area contributed by atoms with Gasteiger partial charge in [-0.3, -0.25) is 0 Å². The second kappa shape index (κ2) is 6.16. The number of rotatable bonds is 7. The van der Waals surface area contributed by atoms with Gasteiger partial charge in [0.15, 0.2) is 0 Å². The molecule has 0 saturated heterocycles. The standard InChI is InChI=1S/C11H21N3O2S/c1-4-8-14-10-7-12-11(14)6-5-9-13(2)17(3,15)16/h7,10H,4-6,8-9H2,1-3H3. The van der Waals surface area contributed by atoms with Crippen molar-refractivity contribution in [1.82, 2.24) is 13.9 Å². The van der Waals surface area contributed by atoms with Crippen LogP contribution in [0.15, 0.2) is 12.4 Å². The summed E-state index contributed by atoms with van der Waals surface area (Å²) in [5.41, 5.74) is 0. The molecule has 0 saturated carbocycles. The molecule has 1 heterocycles. The zero-order valence-corrected chi connectivity index (χ0v) is 11.6. The van der Waals surface area contributed by atoms with E-state index >= 15 is 0 Å². The van der Waals surface area contributed by atoms with Crippen LogP contribution in [-0.2, 0) is 23.0 Å². The molecule has 0 amide bonds. The molecule has 0 fully saturated rings. The molecule has 0 aliphatic heterocycles. The van der Waals surface area contributed by atoms with Crippen molar-refractivity contribution in [3.05, 3.63) is 18.2 Å². The molecular formula is C11H21N3O2S. The van der Waals surface area contributed by atoms with Gasteiger partial charge in [0.1, 0.15) is 5.82 Å². The Morgan fingerprint density at radius 3 is 2.76 bits per heavy atom. The third-order valence-electron chi connectivity index (χ3n) is 2.71. The number of hydrogen-bond donors (Lipinski definition) is 0. The Balaban J connectivity index is 2.43. The molecule has 0 aromatic carbocycles. The van der Waals surface area contributed by atoms with Crippen LogP contribution < -0.4 is 0 Å². The molecule has 6 heteroatoms. The first-order chi connectivity index (χ1) is 7.95. The summed E-state index contributed by atoms with van der Waals surface area (Å²) in [7, 11) is -1.45. The van der Waals surface area contributed by atoms with Crippen LogP contribution in [0.25, 0.3) is 0 Å². The van der Waals surface area contributed by atoms with Gasteiger partial charge in [-0.05, 0) is 12.8 Å². The molecule has 0 unspecified atom stereocenters. The van der Waals surface area contributed by atoms with E-state index in [9.17, 15) is 8.42 Å². The molecule has 17 heavy (non-hydrogen) atoms. The Morgan fingerprint density at radius 2 is 2.18 bits per heavy atom. The fourth-order valence-electron chi connectivity index (χ4n) is 1.64. The summed E-state index contributed by atoms with van der Waals surface area (Å²) in [6.07, 6.45) is 7.68. The average molecular weight is 259 g/mol. The van der Waals surface area contributed by atoms with Gasteiger partial charge < -0.3 is 4.57 Å². The lowest BCUT2D eigenvalue weighted by atomic mass is 10.3. The van der Waals surface area contributed by atoms with Crippen LogP contribution in [0, 0.1) is 0 Å². The highest BCUT2D eigenvalue weighted by atomic mass is 32.2. The summed E-state index contributed by atoms with van der Waals surface area (Å²) in [5, 5.41) is 0. The topological polar surface area (TPSA) is 55.2 Å². The maximum Gasteiger partial charge on any atom is 0.210 e. The van der Waals surface area contributed by atoms with Crippen LogP contribution in [0.3, 0.4) is 0 Å². The summed E-state index contributed by atoms with van der Waals surface area (Å²) in [4.78, 5) is 4.29. The second-order valence-corrected chi connectivity index (χ2v) is 6.31. The highest BCUT2D eigenvalue weighted by Gasteiger charge is 2.10. The van der Waals surface area contributed by atoms with E-state index in [0.29, 0.717) is 6.54 Å². The number of sulfonamides is 1. The molecule has 0 bridgehead atoms. The zero-order chi connectivity index (χ0) is 12.9. The van der Waals surface area contributed by atoms with Crippen LogP contribution in [0.5, 0.6) is 0 Å². The van der Waals surface area contributed by atoms with Crippen molar-refractivity contribution in [3.63, 3.8) is 0 Å². The van der Waals surface area contributed by atoms with E-state index in [-0.39, 0.29) is 0 Å². The third kappa shape index (κ3) is 4.47. The molecule has 0 N–H and O–H groups in total. The molecule has 5 nitrogen and oxygen atoms in total. The minimum absolute atomic E-state index is 0.540. The third-order valence-corrected chi connectivity index (χ3v) is 4.02. The Labute approximate surface area is 104 Å². The van der Waals surface area contributed by atoms with Crippen molar-refractivity contribution in [1.29, 1.82) is 0 Å². The molecule has 1 aromatic rings. The summed E-state index contributed by atoms with van der Waals surface area (Å²) in [6, 6.07) is 0. The summed E-state index contributed by atoms with van der Waals surface area (Å²) >= 11 is 0. The molecule has 0 radical (unpaired) electrons. The maximum atomic E-state index is 11.2. The van der Waals surface area contributed by atoms with Crippen molar-refractivity contribution in [2.45, 2.75) is 32.7 Å². The molecule has 0 aliphatic rings.